The molecule has 230 valence electrons. The molecule has 1 aromatic heterocycles. The van der Waals surface area contributed by atoms with Crippen molar-refractivity contribution in [3.05, 3.63) is 95.2 Å². The van der Waals surface area contributed by atoms with E-state index in [1.165, 1.54) is 24.3 Å². The van der Waals surface area contributed by atoms with Crippen molar-refractivity contribution in [1.29, 1.82) is 0 Å². The van der Waals surface area contributed by atoms with Crippen molar-refractivity contribution in [2.45, 2.75) is 33.2 Å². The molecule has 1 saturated heterocycles. The molecular weight excluding hydrogens is 569 g/mol. The summed E-state index contributed by atoms with van der Waals surface area (Å²) in [6.07, 6.45) is -2.43. The van der Waals surface area contributed by atoms with Gasteiger partial charge in [-0.05, 0) is 91.7 Å². The average Bonchev–Trinajstić information content (AvgIpc) is 3.00. The van der Waals surface area contributed by atoms with Crippen molar-refractivity contribution < 1.29 is 22.7 Å². The molecule has 1 aliphatic rings. The molecule has 1 aliphatic heterocycles. The van der Waals surface area contributed by atoms with Crippen LogP contribution in [0, 0.1) is 6.92 Å². The van der Waals surface area contributed by atoms with Crippen molar-refractivity contribution in [3.8, 4) is 17.0 Å². The van der Waals surface area contributed by atoms with Crippen LogP contribution >= 0.6 is 0 Å². The molecule has 4 aromatic rings. The largest absolute Gasteiger partial charge is 0.573 e. The summed E-state index contributed by atoms with van der Waals surface area (Å²) in [5.41, 5.74) is 6.20. The van der Waals surface area contributed by atoms with Gasteiger partial charge in [0.05, 0.1) is 5.69 Å². The summed E-state index contributed by atoms with van der Waals surface area (Å²) >= 11 is 0. The van der Waals surface area contributed by atoms with Gasteiger partial charge in [0.25, 0.3) is 5.91 Å². The number of aromatic nitrogens is 2. The van der Waals surface area contributed by atoms with E-state index in [1.54, 1.807) is 30.5 Å². The second kappa shape index (κ2) is 13.4. The molecule has 2 N–H and O–H groups in total. The number of aryl methyl sites for hydroxylation is 2. The van der Waals surface area contributed by atoms with Gasteiger partial charge < -0.3 is 20.3 Å². The number of rotatable bonds is 9. The van der Waals surface area contributed by atoms with Crippen LogP contribution in [-0.4, -0.2) is 65.3 Å². The van der Waals surface area contributed by atoms with E-state index < -0.39 is 6.36 Å². The maximum Gasteiger partial charge on any atom is 0.573 e. The third kappa shape index (κ3) is 8.12. The first-order chi connectivity index (χ1) is 21.1. The number of carbonyl (C=O) groups is 1. The van der Waals surface area contributed by atoms with Crippen LogP contribution in [0.25, 0.3) is 11.3 Å². The highest BCUT2D eigenvalue weighted by molar-refractivity contribution is 6.04. The van der Waals surface area contributed by atoms with Crippen LogP contribution in [-0.2, 0) is 13.0 Å². The lowest BCUT2D eigenvalue weighted by atomic mass is 10.1. The molecule has 0 radical (unpaired) electrons. The number of amides is 1. The number of ether oxygens (including phenoxy) is 1. The number of halogens is 3. The van der Waals surface area contributed by atoms with Gasteiger partial charge in [-0.1, -0.05) is 19.1 Å². The summed E-state index contributed by atoms with van der Waals surface area (Å²) in [5, 5.41) is 6.20. The maximum absolute atomic E-state index is 13.1. The molecule has 11 heteroatoms. The minimum Gasteiger partial charge on any atom is -0.406 e. The zero-order valence-corrected chi connectivity index (χ0v) is 24.9. The quantitative estimate of drug-likeness (QED) is 0.221. The summed E-state index contributed by atoms with van der Waals surface area (Å²) < 4.78 is 41.6. The highest BCUT2D eigenvalue weighted by atomic mass is 19.4. The summed E-state index contributed by atoms with van der Waals surface area (Å²) in [7, 11) is 2.14. The molecule has 5 rings (SSSR count). The molecule has 0 aliphatic carbocycles. The number of likely N-dealkylation sites (N-methyl/N-ethyl adjacent to an activating group) is 1. The molecule has 2 heterocycles. The molecular formula is C33H35F3N6O2. The van der Waals surface area contributed by atoms with E-state index >= 15 is 0 Å². The van der Waals surface area contributed by atoms with Gasteiger partial charge in [0, 0.05) is 61.4 Å². The first-order valence-corrected chi connectivity index (χ1v) is 14.5. The fourth-order valence-electron chi connectivity index (χ4n) is 4.99. The summed E-state index contributed by atoms with van der Waals surface area (Å²) in [6, 6.07) is 18.8. The number of benzene rings is 3. The zero-order valence-electron chi connectivity index (χ0n) is 24.9. The van der Waals surface area contributed by atoms with E-state index in [4.69, 9.17) is 0 Å². The van der Waals surface area contributed by atoms with Crippen LogP contribution in [0.4, 0.5) is 30.5 Å². The predicted octanol–water partition coefficient (Wildman–Crippen LogP) is 6.66. The number of piperazine rings is 1. The van der Waals surface area contributed by atoms with Gasteiger partial charge in [-0.25, -0.2) is 9.97 Å². The van der Waals surface area contributed by atoms with E-state index in [-0.39, 0.29) is 11.7 Å². The molecule has 0 unspecified atom stereocenters. The molecule has 0 bridgehead atoms. The smallest absolute Gasteiger partial charge is 0.406 e. The van der Waals surface area contributed by atoms with Crippen LogP contribution in [0.1, 0.15) is 34.0 Å². The fourth-order valence-corrected chi connectivity index (χ4v) is 4.99. The normalized spacial score (nSPS) is 14.3. The maximum atomic E-state index is 13.1. The predicted molar refractivity (Wildman–Crippen MR) is 165 cm³/mol. The number of hydrogen-bond acceptors (Lipinski definition) is 7. The van der Waals surface area contributed by atoms with Crippen molar-refractivity contribution in [1.82, 2.24) is 19.8 Å². The Bertz CT molecular complexity index is 1590. The molecule has 0 atom stereocenters. The Morgan fingerprint density at radius 2 is 1.68 bits per heavy atom. The number of hydrogen-bond donors (Lipinski definition) is 2. The van der Waals surface area contributed by atoms with Gasteiger partial charge in [-0.15, -0.1) is 13.2 Å². The van der Waals surface area contributed by atoms with E-state index in [0.717, 1.165) is 55.1 Å². The highest BCUT2D eigenvalue weighted by Gasteiger charge is 2.31. The molecule has 0 spiro atoms. The lowest BCUT2D eigenvalue weighted by Crippen LogP contribution is -2.43. The second-order valence-corrected chi connectivity index (χ2v) is 10.9. The SMILES string of the molecule is CCc1cnc(Nc2ccc(C(=O)Nc3cc(CN4CCN(C)CC4)ccc3C)cc2)nc1-c1ccc(OC(F)(F)F)cc1. The minimum absolute atomic E-state index is 0.208. The van der Waals surface area contributed by atoms with Gasteiger partial charge in [-0.2, -0.15) is 0 Å². The second-order valence-electron chi connectivity index (χ2n) is 10.9. The third-order valence-corrected chi connectivity index (χ3v) is 7.56. The van der Waals surface area contributed by atoms with Gasteiger partial charge in [-0.3, -0.25) is 9.69 Å². The van der Waals surface area contributed by atoms with Crippen molar-refractivity contribution in [2.75, 3.05) is 43.9 Å². The topological polar surface area (TPSA) is 82.6 Å². The first-order valence-electron chi connectivity index (χ1n) is 14.5. The molecule has 44 heavy (non-hydrogen) atoms. The van der Waals surface area contributed by atoms with Crippen LogP contribution < -0.4 is 15.4 Å². The molecule has 1 amide bonds. The lowest BCUT2D eigenvalue weighted by Gasteiger charge is -2.32. The molecule has 0 saturated carbocycles. The van der Waals surface area contributed by atoms with Crippen LogP contribution in [0.5, 0.6) is 5.75 Å². The van der Waals surface area contributed by atoms with Crippen LogP contribution in [0.15, 0.2) is 72.9 Å². The average molecular weight is 605 g/mol. The Labute approximate surface area is 254 Å². The Balaban J connectivity index is 1.24. The Morgan fingerprint density at radius 3 is 2.34 bits per heavy atom. The van der Waals surface area contributed by atoms with Crippen LogP contribution in [0.2, 0.25) is 0 Å². The lowest BCUT2D eigenvalue weighted by molar-refractivity contribution is -0.274. The Hall–Kier alpha value is -4.48. The van der Waals surface area contributed by atoms with E-state index in [2.05, 4.69) is 48.3 Å². The number of alkyl halides is 3. The van der Waals surface area contributed by atoms with Crippen molar-refractivity contribution in [3.63, 3.8) is 0 Å². The fraction of sp³-hybridized carbons (Fsp3) is 0.303. The Morgan fingerprint density at radius 1 is 0.977 bits per heavy atom. The number of carbonyl (C=O) groups excluding carboxylic acids is 1. The number of nitrogens with one attached hydrogen (secondary N) is 2. The third-order valence-electron chi connectivity index (χ3n) is 7.56. The molecule has 3 aromatic carbocycles. The first kappa shape index (κ1) is 31.0. The summed E-state index contributed by atoms with van der Waals surface area (Å²) in [5.74, 6) is -0.192. The zero-order chi connectivity index (χ0) is 31.3. The van der Waals surface area contributed by atoms with Crippen molar-refractivity contribution >= 4 is 23.2 Å². The molecule has 8 nitrogen and oxygen atoms in total. The van der Waals surface area contributed by atoms with Gasteiger partial charge in [0.15, 0.2) is 0 Å². The highest BCUT2D eigenvalue weighted by Crippen LogP contribution is 2.29. The summed E-state index contributed by atoms with van der Waals surface area (Å²) in [6.45, 7) is 8.92. The standard InChI is InChI=1S/C33H35F3N6O2/c1-4-24-20-37-32(40-30(24)25-9-13-28(14-10-25)44-33(34,35)36)38-27-11-7-26(8-12-27)31(43)39-29-19-23(6-5-22(29)2)21-42-17-15-41(3)16-18-42/h5-14,19-20H,4,15-18,21H2,1-3H3,(H,39,43)(H,37,38,40). The van der Waals surface area contributed by atoms with E-state index in [0.29, 0.717) is 34.9 Å². The van der Waals surface area contributed by atoms with Gasteiger partial charge in [0.2, 0.25) is 5.95 Å². The van der Waals surface area contributed by atoms with Gasteiger partial charge >= 0.3 is 6.36 Å². The summed E-state index contributed by atoms with van der Waals surface area (Å²) in [4.78, 5) is 26.9. The monoisotopic (exact) mass is 604 g/mol. The number of anilines is 3. The Kier molecular flexibility index (Phi) is 9.46. The van der Waals surface area contributed by atoms with Crippen molar-refractivity contribution in [2.24, 2.45) is 0 Å². The number of nitrogens with zero attached hydrogens (tertiary/aromatic N) is 4. The van der Waals surface area contributed by atoms with E-state index in [1.807, 2.05) is 26.0 Å². The molecule has 1 fully saturated rings. The van der Waals surface area contributed by atoms with Crippen LogP contribution in [0.3, 0.4) is 0 Å². The van der Waals surface area contributed by atoms with Gasteiger partial charge in [0.1, 0.15) is 5.75 Å². The minimum atomic E-state index is -4.76. The van der Waals surface area contributed by atoms with E-state index in [9.17, 15) is 18.0 Å².